The lowest BCUT2D eigenvalue weighted by Gasteiger charge is -2.39. The van der Waals surface area contributed by atoms with Crippen molar-refractivity contribution in [3.8, 4) is 0 Å². The van der Waals surface area contributed by atoms with Crippen molar-refractivity contribution in [3.05, 3.63) is 0 Å². The fourth-order valence-corrected chi connectivity index (χ4v) is 4.13. The molecular formula is C17H32N2O. The van der Waals surface area contributed by atoms with E-state index in [1.54, 1.807) is 0 Å². The van der Waals surface area contributed by atoms with Crippen LogP contribution in [-0.4, -0.2) is 47.9 Å². The van der Waals surface area contributed by atoms with Gasteiger partial charge in [0.05, 0.1) is 6.54 Å². The Labute approximate surface area is 124 Å². The Morgan fingerprint density at radius 3 is 2.55 bits per heavy atom. The maximum absolute atomic E-state index is 12.6. The Morgan fingerprint density at radius 2 is 1.85 bits per heavy atom. The van der Waals surface area contributed by atoms with E-state index in [4.69, 9.17) is 0 Å². The van der Waals surface area contributed by atoms with Crippen LogP contribution in [0.15, 0.2) is 0 Å². The lowest BCUT2D eigenvalue weighted by molar-refractivity contribution is -0.136. The number of carbonyl (C=O) groups excluding carboxylic acids is 1. The summed E-state index contributed by atoms with van der Waals surface area (Å²) in [6.45, 7) is 6.15. The molecule has 1 amide bonds. The molecule has 1 aliphatic heterocycles. The zero-order chi connectivity index (χ0) is 14.5. The van der Waals surface area contributed by atoms with Gasteiger partial charge in [-0.25, -0.2) is 0 Å². The van der Waals surface area contributed by atoms with Gasteiger partial charge in [0.1, 0.15) is 0 Å². The van der Waals surface area contributed by atoms with Crippen molar-refractivity contribution < 1.29 is 4.79 Å². The number of hydrogen-bond acceptors (Lipinski definition) is 2. The highest BCUT2D eigenvalue weighted by molar-refractivity contribution is 5.78. The Hall–Kier alpha value is -0.570. The van der Waals surface area contributed by atoms with Gasteiger partial charge in [-0.05, 0) is 51.5 Å². The van der Waals surface area contributed by atoms with Crippen LogP contribution in [0.25, 0.3) is 0 Å². The van der Waals surface area contributed by atoms with Crippen molar-refractivity contribution in [2.24, 2.45) is 5.92 Å². The topological polar surface area (TPSA) is 23.6 Å². The summed E-state index contributed by atoms with van der Waals surface area (Å²) < 4.78 is 0. The summed E-state index contributed by atoms with van der Waals surface area (Å²) in [7, 11) is 2.15. The van der Waals surface area contributed by atoms with E-state index >= 15 is 0 Å². The van der Waals surface area contributed by atoms with Gasteiger partial charge in [-0.3, -0.25) is 9.69 Å². The van der Waals surface area contributed by atoms with Gasteiger partial charge in [0.15, 0.2) is 0 Å². The van der Waals surface area contributed by atoms with Gasteiger partial charge in [0, 0.05) is 18.6 Å². The molecule has 20 heavy (non-hydrogen) atoms. The zero-order valence-corrected chi connectivity index (χ0v) is 13.6. The maximum Gasteiger partial charge on any atom is 0.236 e. The third kappa shape index (κ3) is 3.75. The first-order valence-corrected chi connectivity index (χ1v) is 8.63. The average molecular weight is 280 g/mol. The predicted octanol–water partition coefficient (Wildman–Crippen LogP) is 3.29. The molecule has 1 aliphatic carbocycles. The highest BCUT2D eigenvalue weighted by Gasteiger charge is 2.30. The number of nitrogens with zero attached hydrogens (tertiary/aromatic N) is 2. The molecule has 2 aliphatic rings. The first kappa shape index (κ1) is 15.8. The molecule has 1 saturated heterocycles. The number of piperidine rings is 1. The minimum atomic E-state index is 0.358. The van der Waals surface area contributed by atoms with Crippen molar-refractivity contribution in [1.82, 2.24) is 9.80 Å². The fraction of sp³-hybridized carbons (Fsp3) is 0.941. The second kappa shape index (κ2) is 7.44. The summed E-state index contributed by atoms with van der Waals surface area (Å²) in [6, 6.07) is 1.10. The van der Waals surface area contributed by atoms with E-state index in [1.165, 1.54) is 44.9 Å². The van der Waals surface area contributed by atoms with Crippen molar-refractivity contribution in [2.75, 3.05) is 20.1 Å². The van der Waals surface area contributed by atoms with E-state index in [9.17, 15) is 4.79 Å². The number of carbonyl (C=O) groups is 1. The molecule has 0 N–H and O–H groups in total. The van der Waals surface area contributed by atoms with Crippen molar-refractivity contribution in [3.63, 3.8) is 0 Å². The highest BCUT2D eigenvalue weighted by Crippen LogP contribution is 2.27. The van der Waals surface area contributed by atoms with Gasteiger partial charge >= 0.3 is 0 Å². The molecule has 116 valence electrons. The van der Waals surface area contributed by atoms with Crippen LogP contribution in [-0.2, 0) is 4.79 Å². The normalized spacial score (nSPS) is 31.6. The van der Waals surface area contributed by atoms with Crippen molar-refractivity contribution in [2.45, 2.75) is 77.3 Å². The van der Waals surface area contributed by atoms with Gasteiger partial charge in [0.2, 0.25) is 5.91 Å². The van der Waals surface area contributed by atoms with Crippen LogP contribution in [0, 0.1) is 5.92 Å². The molecule has 1 heterocycles. The lowest BCUT2D eigenvalue weighted by atomic mass is 9.85. The first-order chi connectivity index (χ1) is 9.63. The SMILES string of the molecule is CCC1CCCCN1C(=O)CN(C)C1CCCCC1C. The molecule has 3 nitrogen and oxygen atoms in total. The molecule has 3 heteroatoms. The van der Waals surface area contributed by atoms with Crippen LogP contribution in [0.1, 0.15) is 65.2 Å². The van der Waals surface area contributed by atoms with E-state index in [0.717, 1.165) is 18.9 Å². The largest absolute Gasteiger partial charge is 0.339 e. The van der Waals surface area contributed by atoms with E-state index in [2.05, 4.69) is 30.7 Å². The Balaban J connectivity index is 1.89. The number of likely N-dealkylation sites (N-methyl/N-ethyl adjacent to an activating group) is 1. The van der Waals surface area contributed by atoms with Crippen molar-refractivity contribution >= 4 is 5.91 Å². The highest BCUT2D eigenvalue weighted by atomic mass is 16.2. The second-order valence-electron chi connectivity index (χ2n) is 6.89. The Morgan fingerprint density at radius 1 is 1.15 bits per heavy atom. The van der Waals surface area contributed by atoms with Gasteiger partial charge in [0.25, 0.3) is 0 Å². The molecule has 2 fully saturated rings. The Bertz CT molecular complexity index is 318. The zero-order valence-electron chi connectivity index (χ0n) is 13.6. The van der Waals surface area contributed by atoms with E-state index < -0.39 is 0 Å². The number of rotatable bonds is 4. The van der Waals surface area contributed by atoms with Crippen molar-refractivity contribution in [1.29, 1.82) is 0 Å². The molecule has 3 unspecified atom stereocenters. The molecule has 0 radical (unpaired) electrons. The van der Waals surface area contributed by atoms with Gasteiger partial charge in [-0.15, -0.1) is 0 Å². The van der Waals surface area contributed by atoms with Crippen LogP contribution in [0.2, 0.25) is 0 Å². The lowest BCUT2D eigenvalue weighted by Crippen LogP contribution is -2.50. The van der Waals surface area contributed by atoms with Crippen LogP contribution in [0.5, 0.6) is 0 Å². The van der Waals surface area contributed by atoms with Gasteiger partial charge in [-0.2, -0.15) is 0 Å². The summed E-state index contributed by atoms with van der Waals surface area (Å²) >= 11 is 0. The quantitative estimate of drug-likeness (QED) is 0.789. The molecule has 0 aromatic rings. The monoisotopic (exact) mass is 280 g/mol. The number of hydrogen-bond donors (Lipinski definition) is 0. The summed E-state index contributed by atoms with van der Waals surface area (Å²) in [6.07, 6.45) is 10.1. The first-order valence-electron chi connectivity index (χ1n) is 8.63. The molecule has 0 bridgehead atoms. The molecule has 0 spiro atoms. The van der Waals surface area contributed by atoms with Crippen LogP contribution >= 0.6 is 0 Å². The third-order valence-corrected chi connectivity index (χ3v) is 5.44. The predicted molar refractivity (Wildman–Crippen MR) is 83.7 cm³/mol. The summed E-state index contributed by atoms with van der Waals surface area (Å²) in [5, 5.41) is 0. The molecule has 0 aromatic carbocycles. The smallest absolute Gasteiger partial charge is 0.236 e. The molecule has 3 atom stereocenters. The fourth-order valence-electron chi connectivity index (χ4n) is 4.13. The number of likely N-dealkylation sites (tertiary alicyclic amines) is 1. The summed E-state index contributed by atoms with van der Waals surface area (Å²) in [5.74, 6) is 1.10. The van der Waals surface area contributed by atoms with Gasteiger partial charge < -0.3 is 4.90 Å². The minimum Gasteiger partial charge on any atom is -0.339 e. The maximum atomic E-state index is 12.6. The summed E-state index contributed by atoms with van der Waals surface area (Å²) in [4.78, 5) is 17.1. The Kier molecular flexibility index (Phi) is 5.88. The molecular weight excluding hydrogens is 248 g/mol. The third-order valence-electron chi connectivity index (χ3n) is 5.44. The molecule has 2 rings (SSSR count). The number of amides is 1. The van der Waals surface area contributed by atoms with Crippen LogP contribution in [0.3, 0.4) is 0 Å². The van der Waals surface area contributed by atoms with E-state index in [1.807, 2.05) is 0 Å². The van der Waals surface area contributed by atoms with Crippen LogP contribution < -0.4 is 0 Å². The van der Waals surface area contributed by atoms with E-state index in [-0.39, 0.29) is 0 Å². The standard InChI is InChI=1S/C17H32N2O/c1-4-15-10-7-8-12-19(15)17(20)13-18(3)16-11-6-5-9-14(16)2/h14-16H,4-13H2,1-3H3. The minimum absolute atomic E-state index is 0.358. The van der Waals surface area contributed by atoms with Crippen LogP contribution in [0.4, 0.5) is 0 Å². The summed E-state index contributed by atoms with van der Waals surface area (Å²) in [5.41, 5.74) is 0. The molecule has 0 aromatic heterocycles. The van der Waals surface area contributed by atoms with E-state index in [0.29, 0.717) is 24.5 Å². The van der Waals surface area contributed by atoms with Gasteiger partial charge in [-0.1, -0.05) is 26.7 Å². The second-order valence-corrected chi connectivity index (χ2v) is 6.89. The molecule has 1 saturated carbocycles. The average Bonchev–Trinajstić information content (AvgIpc) is 2.47.